The van der Waals surface area contributed by atoms with E-state index < -0.39 is 0 Å². The van der Waals surface area contributed by atoms with Gasteiger partial charge in [-0.05, 0) is 43.9 Å². The van der Waals surface area contributed by atoms with Crippen LogP contribution in [0, 0.1) is 0 Å². The number of hydrogen-bond donors (Lipinski definition) is 3. The summed E-state index contributed by atoms with van der Waals surface area (Å²) in [6.45, 7) is 6.37. The minimum atomic E-state index is -0.226. The van der Waals surface area contributed by atoms with E-state index in [4.69, 9.17) is 15.8 Å². The number of nitrogen functional groups attached to an aromatic ring is 1. The number of carbonyl (C=O) groups is 2. The van der Waals surface area contributed by atoms with Gasteiger partial charge in [0, 0.05) is 48.2 Å². The van der Waals surface area contributed by atoms with Crippen molar-refractivity contribution >= 4 is 39.6 Å². The fourth-order valence-corrected chi connectivity index (χ4v) is 5.33. The highest BCUT2D eigenvalue weighted by Crippen LogP contribution is 2.36. The minimum Gasteiger partial charge on any atom is -0.400 e. The summed E-state index contributed by atoms with van der Waals surface area (Å²) in [5, 5.41) is 10.4. The fraction of sp³-hybridized carbons (Fsp3) is 0.296. The molecule has 1 fully saturated rings. The average molecular weight is 534 g/mol. The number of rotatable bonds is 6. The van der Waals surface area contributed by atoms with Crippen molar-refractivity contribution < 1.29 is 14.7 Å². The third-order valence-corrected chi connectivity index (χ3v) is 7.47. The molecule has 3 aromatic heterocycles. The van der Waals surface area contributed by atoms with Gasteiger partial charge < -0.3 is 15.7 Å². The summed E-state index contributed by atoms with van der Waals surface area (Å²) in [4.78, 5) is 41.7. The van der Waals surface area contributed by atoms with Gasteiger partial charge in [-0.15, -0.1) is 11.3 Å². The lowest BCUT2D eigenvalue weighted by Gasteiger charge is -2.34. The molecule has 10 nitrogen and oxygen atoms in total. The predicted molar refractivity (Wildman–Crippen MR) is 149 cm³/mol. The molecule has 2 amide bonds. The van der Waals surface area contributed by atoms with Crippen molar-refractivity contribution in [1.29, 1.82) is 0 Å². The van der Waals surface area contributed by atoms with Crippen LogP contribution in [0.1, 0.15) is 53.3 Å². The van der Waals surface area contributed by atoms with E-state index in [-0.39, 0.29) is 17.9 Å². The number of imidazole rings is 1. The third-order valence-electron chi connectivity index (χ3n) is 6.41. The number of hydrogen-bond acceptors (Lipinski definition) is 8. The first kappa shape index (κ1) is 27.0. The van der Waals surface area contributed by atoms with Gasteiger partial charge in [-0.1, -0.05) is 25.6 Å². The highest BCUT2D eigenvalue weighted by Gasteiger charge is 2.31. The van der Waals surface area contributed by atoms with E-state index in [1.54, 1.807) is 24.5 Å². The Morgan fingerprint density at radius 2 is 2.00 bits per heavy atom. The Labute approximate surface area is 224 Å². The smallest absolute Gasteiger partial charge is 0.257 e. The molecule has 198 valence electrons. The molecular weight excluding hydrogens is 502 g/mol. The molecular formula is C27H31N7O3S. The molecule has 4 aromatic rings. The number of aryl methyl sites for hydroxylation is 1. The van der Waals surface area contributed by atoms with E-state index in [9.17, 15) is 9.59 Å². The van der Waals surface area contributed by atoms with E-state index in [1.807, 2.05) is 34.6 Å². The van der Waals surface area contributed by atoms with E-state index in [1.165, 1.54) is 17.4 Å². The summed E-state index contributed by atoms with van der Waals surface area (Å²) >= 11 is 1.47. The number of amides is 2. The maximum absolute atomic E-state index is 12.7. The average Bonchev–Trinajstić information content (AvgIpc) is 3.59. The van der Waals surface area contributed by atoms with Crippen molar-refractivity contribution in [2.75, 3.05) is 24.7 Å². The molecule has 1 aliphatic heterocycles. The van der Waals surface area contributed by atoms with Crippen molar-refractivity contribution in [3.05, 3.63) is 71.8 Å². The number of carbonyl (C=O) groups excluding carboxylic acids is 2. The molecule has 4 N–H and O–H groups in total. The first-order valence-electron chi connectivity index (χ1n) is 12.4. The number of nitrogens with one attached hydrogen (secondary N) is 1. The fourth-order valence-electron chi connectivity index (χ4n) is 4.58. The van der Waals surface area contributed by atoms with Crippen LogP contribution in [0.25, 0.3) is 16.8 Å². The topological polar surface area (TPSA) is 139 Å². The number of thiazole rings is 1. The Morgan fingerprint density at radius 1 is 1.24 bits per heavy atom. The number of likely N-dealkylation sites (tertiary alicyclic amines) is 1. The first-order chi connectivity index (χ1) is 18.5. The Balaban J connectivity index is 0.00000164. The Bertz CT molecular complexity index is 1440. The van der Waals surface area contributed by atoms with Gasteiger partial charge in [-0.2, -0.15) is 0 Å². The number of aliphatic hydroxyl groups is 1. The van der Waals surface area contributed by atoms with E-state index in [0.717, 1.165) is 49.1 Å². The zero-order chi connectivity index (χ0) is 27.2. The second kappa shape index (κ2) is 12.0. The van der Waals surface area contributed by atoms with E-state index >= 15 is 0 Å². The number of nitrogens with zero attached hydrogens (tertiary/aromatic N) is 5. The molecule has 11 heteroatoms. The van der Waals surface area contributed by atoms with Gasteiger partial charge in [0.25, 0.3) is 5.91 Å². The highest BCUT2D eigenvalue weighted by molar-refractivity contribution is 7.15. The molecule has 0 aliphatic carbocycles. The maximum atomic E-state index is 12.7. The van der Waals surface area contributed by atoms with Gasteiger partial charge in [0.15, 0.2) is 5.13 Å². The summed E-state index contributed by atoms with van der Waals surface area (Å²) < 4.78 is 1.92. The molecule has 0 unspecified atom stereocenters. The molecule has 1 atom stereocenters. The van der Waals surface area contributed by atoms with Gasteiger partial charge in [0.1, 0.15) is 22.9 Å². The molecule has 0 radical (unpaired) electrons. The first-order valence-corrected chi connectivity index (χ1v) is 13.2. The Hall–Kier alpha value is -4.09. The van der Waals surface area contributed by atoms with E-state index in [0.29, 0.717) is 34.3 Å². The third kappa shape index (κ3) is 5.29. The van der Waals surface area contributed by atoms with Crippen LogP contribution >= 0.6 is 11.3 Å². The van der Waals surface area contributed by atoms with Gasteiger partial charge >= 0.3 is 0 Å². The normalized spacial score (nSPS) is 15.0. The van der Waals surface area contributed by atoms with Crippen molar-refractivity contribution in [2.45, 2.75) is 38.6 Å². The lowest BCUT2D eigenvalue weighted by Crippen LogP contribution is -2.38. The second-order valence-electron chi connectivity index (χ2n) is 8.61. The summed E-state index contributed by atoms with van der Waals surface area (Å²) in [5.74, 6) is 0.750. The van der Waals surface area contributed by atoms with Gasteiger partial charge in [-0.3, -0.25) is 19.3 Å². The summed E-state index contributed by atoms with van der Waals surface area (Å²) in [6, 6.07) is 7.01. The number of anilines is 2. The van der Waals surface area contributed by atoms with Crippen LogP contribution in [0.4, 0.5) is 10.9 Å². The van der Waals surface area contributed by atoms with Crippen LogP contribution < -0.4 is 11.1 Å². The number of nitrogens with two attached hydrogens (primary N) is 1. The van der Waals surface area contributed by atoms with Gasteiger partial charge in [-0.25, -0.2) is 15.0 Å². The summed E-state index contributed by atoms with van der Waals surface area (Å²) in [5.41, 5.74) is 8.94. The van der Waals surface area contributed by atoms with Crippen LogP contribution in [0.2, 0.25) is 0 Å². The SMILES string of the molecule is C=CC(=O)N1CCCC[C@H]1c1nc(-c2ccc(C(=O)Nc3ncc(CC)s3)cc2)c2c(N)nccn12.CO. The standard InChI is InChI=1S/C26H27N7O2S.CH4O/c1-3-18-15-29-26(36-18)31-25(35)17-10-8-16(9-11-17)21-22-23(27)28-12-14-33(22)24(30-21)19-7-5-6-13-32(19)20(34)4-2;1-2/h4,8-12,14-15,19H,2-3,5-7,13H2,1H3,(H2,27,28)(H,29,31,35);2H,1H3/t19-;/m0./s1. The molecule has 1 aromatic carbocycles. The minimum absolute atomic E-state index is 0.110. The molecule has 38 heavy (non-hydrogen) atoms. The van der Waals surface area contributed by atoms with Gasteiger partial charge in [0.05, 0.1) is 6.04 Å². The van der Waals surface area contributed by atoms with Crippen LogP contribution in [0.3, 0.4) is 0 Å². The maximum Gasteiger partial charge on any atom is 0.257 e. The predicted octanol–water partition coefficient (Wildman–Crippen LogP) is 4.10. The monoisotopic (exact) mass is 533 g/mol. The van der Waals surface area contributed by atoms with Crippen LogP contribution in [-0.4, -0.2) is 54.8 Å². The molecule has 4 heterocycles. The number of piperidine rings is 1. The zero-order valence-corrected chi connectivity index (χ0v) is 22.2. The molecule has 1 aliphatic rings. The van der Waals surface area contributed by atoms with Gasteiger partial charge in [0.2, 0.25) is 5.91 Å². The van der Waals surface area contributed by atoms with Crippen LogP contribution in [-0.2, 0) is 11.2 Å². The lowest BCUT2D eigenvalue weighted by atomic mass is 10.0. The highest BCUT2D eigenvalue weighted by atomic mass is 32.1. The number of aromatic nitrogens is 4. The number of aliphatic hydroxyl groups excluding tert-OH is 1. The lowest BCUT2D eigenvalue weighted by molar-refractivity contribution is -0.129. The molecule has 0 bridgehead atoms. The van der Waals surface area contributed by atoms with Crippen molar-refractivity contribution in [3.8, 4) is 11.3 Å². The zero-order valence-electron chi connectivity index (χ0n) is 21.4. The Morgan fingerprint density at radius 3 is 2.68 bits per heavy atom. The number of fused-ring (bicyclic) bond motifs is 1. The molecule has 1 saturated heterocycles. The second-order valence-corrected chi connectivity index (χ2v) is 9.73. The quantitative estimate of drug-likeness (QED) is 0.317. The number of benzene rings is 1. The molecule has 5 rings (SSSR count). The van der Waals surface area contributed by atoms with E-state index in [2.05, 4.69) is 21.9 Å². The van der Waals surface area contributed by atoms with Crippen molar-refractivity contribution in [2.24, 2.45) is 0 Å². The molecule has 0 saturated carbocycles. The van der Waals surface area contributed by atoms with Crippen molar-refractivity contribution in [3.63, 3.8) is 0 Å². The molecule has 0 spiro atoms. The Kier molecular flexibility index (Phi) is 8.49. The summed E-state index contributed by atoms with van der Waals surface area (Å²) in [7, 11) is 1.00. The van der Waals surface area contributed by atoms with Crippen LogP contribution in [0.5, 0.6) is 0 Å². The van der Waals surface area contributed by atoms with Crippen LogP contribution in [0.15, 0.2) is 55.5 Å². The summed E-state index contributed by atoms with van der Waals surface area (Å²) in [6.07, 6.45) is 10.2. The van der Waals surface area contributed by atoms with Crippen molar-refractivity contribution in [1.82, 2.24) is 24.3 Å². The largest absolute Gasteiger partial charge is 0.400 e.